The Labute approximate surface area is 162 Å². The van der Waals surface area contributed by atoms with Gasteiger partial charge < -0.3 is 4.74 Å². The minimum atomic E-state index is 0.0916. The number of carbonyl (C=O) groups is 1. The molecule has 0 unspecified atom stereocenters. The lowest BCUT2D eigenvalue weighted by atomic mass is 10.1. The number of Topliss-reactive ketones (excluding diaryl/α,β-unsaturated/α-hetero) is 1. The second kappa shape index (κ2) is 9.49. The number of benzene rings is 2. The fraction of sp³-hybridized carbons (Fsp3) is 0.348. The summed E-state index contributed by atoms with van der Waals surface area (Å²) in [5.41, 5.74) is 3.08. The molecule has 2 aromatic rings. The Morgan fingerprint density at radius 3 is 2.41 bits per heavy atom. The Kier molecular flexibility index (Phi) is 6.80. The molecule has 1 fully saturated rings. The first-order valence-electron chi connectivity index (χ1n) is 9.50. The standard InChI is InChI=1S/C23H28N2O2/c1-19(26)21-10-11-23(27-2)22(17-21)18-25-15-13-24(14-16-25)12-6-9-20-7-4-3-5-8-20/h3-11,17H,12-16,18H2,1-2H3. The highest BCUT2D eigenvalue weighted by Gasteiger charge is 2.18. The van der Waals surface area contributed by atoms with Gasteiger partial charge in [0.1, 0.15) is 5.75 Å². The van der Waals surface area contributed by atoms with Gasteiger partial charge in [-0.15, -0.1) is 0 Å². The Bertz CT molecular complexity index is 778. The number of methoxy groups -OCH3 is 1. The smallest absolute Gasteiger partial charge is 0.159 e. The highest BCUT2D eigenvalue weighted by molar-refractivity contribution is 5.94. The normalized spacial score (nSPS) is 15.9. The molecule has 0 aromatic heterocycles. The Morgan fingerprint density at radius 2 is 1.74 bits per heavy atom. The zero-order chi connectivity index (χ0) is 19.1. The molecule has 0 saturated carbocycles. The number of ether oxygens (including phenoxy) is 1. The van der Waals surface area contributed by atoms with Gasteiger partial charge in [0.15, 0.2) is 5.78 Å². The third-order valence-corrected chi connectivity index (χ3v) is 5.02. The zero-order valence-electron chi connectivity index (χ0n) is 16.2. The maximum absolute atomic E-state index is 11.7. The molecule has 0 atom stereocenters. The predicted molar refractivity (Wildman–Crippen MR) is 110 cm³/mol. The van der Waals surface area contributed by atoms with Crippen LogP contribution in [0.5, 0.6) is 5.75 Å². The molecular formula is C23H28N2O2. The number of ketones is 1. The van der Waals surface area contributed by atoms with Gasteiger partial charge in [-0.05, 0) is 30.7 Å². The summed E-state index contributed by atoms with van der Waals surface area (Å²) in [5.74, 6) is 0.946. The van der Waals surface area contributed by atoms with Gasteiger partial charge in [-0.25, -0.2) is 0 Å². The van der Waals surface area contributed by atoms with E-state index in [4.69, 9.17) is 4.74 Å². The van der Waals surface area contributed by atoms with Crippen LogP contribution in [0, 0.1) is 0 Å². The first-order chi connectivity index (χ1) is 13.2. The number of piperazine rings is 1. The molecule has 0 aliphatic carbocycles. The van der Waals surface area contributed by atoms with E-state index in [0.717, 1.165) is 56.1 Å². The number of nitrogens with zero attached hydrogens (tertiary/aromatic N) is 2. The molecule has 3 rings (SSSR count). The molecule has 4 nitrogen and oxygen atoms in total. The molecule has 1 aliphatic heterocycles. The van der Waals surface area contributed by atoms with Crippen molar-refractivity contribution in [3.8, 4) is 5.75 Å². The van der Waals surface area contributed by atoms with E-state index in [2.05, 4.69) is 46.2 Å². The van der Waals surface area contributed by atoms with Crippen molar-refractivity contribution in [2.75, 3.05) is 39.8 Å². The SMILES string of the molecule is COc1ccc(C(C)=O)cc1CN1CCN(CC=Cc2ccccc2)CC1. The van der Waals surface area contributed by atoms with Crippen LogP contribution < -0.4 is 4.74 Å². The van der Waals surface area contributed by atoms with Crippen LogP contribution in [0.15, 0.2) is 54.6 Å². The molecule has 0 radical (unpaired) electrons. The van der Waals surface area contributed by atoms with Gasteiger partial charge in [0, 0.05) is 50.4 Å². The van der Waals surface area contributed by atoms with E-state index in [9.17, 15) is 4.79 Å². The highest BCUT2D eigenvalue weighted by Crippen LogP contribution is 2.22. The maximum Gasteiger partial charge on any atom is 0.159 e. The van der Waals surface area contributed by atoms with Gasteiger partial charge in [0.05, 0.1) is 7.11 Å². The molecule has 0 amide bonds. The summed E-state index contributed by atoms with van der Waals surface area (Å²) in [6.45, 7) is 7.54. The lowest BCUT2D eigenvalue weighted by Crippen LogP contribution is -2.45. The van der Waals surface area contributed by atoms with E-state index >= 15 is 0 Å². The van der Waals surface area contributed by atoms with E-state index in [1.807, 2.05) is 24.3 Å². The summed E-state index contributed by atoms with van der Waals surface area (Å²) in [6, 6.07) is 16.1. The van der Waals surface area contributed by atoms with Crippen molar-refractivity contribution in [1.82, 2.24) is 9.80 Å². The van der Waals surface area contributed by atoms with Gasteiger partial charge in [0.25, 0.3) is 0 Å². The van der Waals surface area contributed by atoms with Crippen LogP contribution in [0.2, 0.25) is 0 Å². The third kappa shape index (κ3) is 5.52. The van der Waals surface area contributed by atoms with E-state index in [1.165, 1.54) is 5.56 Å². The molecule has 0 spiro atoms. The van der Waals surface area contributed by atoms with Crippen LogP contribution in [0.3, 0.4) is 0 Å². The highest BCUT2D eigenvalue weighted by atomic mass is 16.5. The average Bonchev–Trinajstić information content (AvgIpc) is 2.70. The molecule has 0 bridgehead atoms. The van der Waals surface area contributed by atoms with Crippen molar-refractivity contribution in [2.45, 2.75) is 13.5 Å². The Morgan fingerprint density at radius 1 is 1.04 bits per heavy atom. The van der Waals surface area contributed by atoms with Gasteiger partial charge in [0.2, 0.25) is 0 Å². The average molecular weight is 364 g/mol. The van der Waals surface area contributed by atoms with Crippen molar-refractivity contribution >= 4 is 11.9 Å². The lowest BCUT2D eigenvalue weighted by molar-refractivity contribution is 0.101. The quantitative estimate of drug-likeness (QED) is 0.701. The Hall–Kier alpha value is -2.43. The Balaban J connectivity index is 1.51. The molecule has 0 N–H and O–H groups in total. The van der Waals surface area contributed by atoms with E-state index in [0.29, 0.717) is 0 Å². The van der Waals surface area contributed by atoms with Crippen molar-refractivity contribution in [3.05, 3.63) is 71.3 Å². The van der Waals surface area contributed by atoms with Crippen molar-refractivity contribution in [3.63, 3.8) is 0 Å². The van der Waals surface area contributed by atoms with E-state index in [-0.39, 0.29) is 5.78 Å². The molecule has 142 valence electrons. The van der Waals surface area contributed by atoms with E-state index < -0.39 is 0 Å². The number of rotatable bonds is 7. The predicted octanol–water partition coefficient (Wildman–Crippen LogP) is 3.73. The molecular weight excluding hydrogens is 336 g/mol. The van der Waals surface area contributed by atoms with Crippen LogP contribution in [0.4, 0.5) is 0 Å². The summed E-state index contributed by atoms with van der Waals surface area (Å²) >= 11 is 0. The number of carbonyl (C=O) groups excluding carboxylic acids is 1. The summed E-state index contributed by atoms with van der Waals surface area (Å²) in [4.78, 5) is 16.6. The second-order valence-electron chi connectivity index (χ2n) is 6.97. The minimum Gasteiger partial charge on any atom is -0.496 e. The fourth-order valence-corrected chi connectivity index (χ4v) is 3.39. The first-order valence-corrected chi connectivity index (χ1v) is 9.50. The van der Waals surface area contributed by atoms with Crippen LogP contribution in [0.1, 0.15) is 28.4 Å². The van der Waals surface area contributed by atoms with Crippen molar-refractivity contribution < 1.29 is 9.53 Å². The van der Waals surface area contributed by atoms with Crippen LogP contribution in [-0.4, -0.2) is 55.4 Å². The van der Waals surface area contributed by atoms with Crippen LogP contribution in [0.25, 0.3) is 6.08 Å². The van der Waals surface area contributed by atoms with Crippen molar-refractivity contribution in [2.24, 2.45) is 0 Å². The monoisotopic (exact) mass is 364 g/mol. The third-order valence-electron chi connectivity index (χ3n) is 5.02. The van der Waals surface area contributed by atoms with Gasteiger partial charge >= 0.3 is 0 Å². The van der Waals surface area contributed by atoms with Gasteiger partial charge in [-0.1, -0.05) is 42.5 Å². The fourth-order valence-electron chi connectivity index (χ4n) is 3.39. The lowest BCUT2D eigenvalue weighted by Gasteiger charge is -2.34. The number of hydrogen-bond acceptors (Lipinski definition) is 4. The molecule has 2 aromatic carbocycles. The zero-order valence-corrected chi connectivity index (χ0v) is 16.2. The van der Waals surface area contributed by atoms with Crippen LogP contribution in [-0.2, 0) is 6.54 Å². The summed E-state index contributed by atoms with van der Waals surface area (Å²) in [6.07, 6.45) is 4.43. The van der Waals surface area contributed by atoms with E-state index in [1.54, 1.807) is 14.0 Å². The van der Waals surface area contributed by atoms with Gasteiger partial charge in [-0.3, -0.25) is 14.6 Å². The first kappa shape index (κ1) is 19.3. The second-order valence-corrected chi connectivity index (χ2v) is 6.97. The molecule has 1 heterocycles. The molecule has 4 heteroatoms. The van der Waals surface area contributed by atoms with Gasteiger partial charge in [-0.2, -0.15) is 0 Å². The molecule has 1 aliphatic rings. The minimum absolute atomic E-state index is 0.0916. The number of hydrogen-bond donors (Lipinski definition) is 0. The largest absolute Gasteiger partial charge is 0.496 e. The summed E-state index contributed by atoms with van der Waals surface area (Å²) in [7, 11) is 1.68. The van der Waals surface area contributed by atoms with Crippen molar-refractivity contribution in [1.29, 1.82) is 0 Å². The summed E-state index contributed by atoms with van der Waals surface area (Å²) in [5, 5.41) is 0. The molecule has 27 heavy (non-hydrogen) atoms. The maximum atomic E-state index is 11.7. The topological polar surface area (TPSA) is 32.8 Å². The molecule has 1 saturated heterocycles. The van der Waals surface area contributed by atoms with Crippen LogP contribution >= 0.6 is 0 Å². The summed E-state index contributed by atoms with van der Waals surface area (Å²) < 4.78 is 5.48.